The van der Waals surface area contributed by atoms with E-state index in [-0.39, 0.29) is 6.04 Å². The number of aryl methyl sites for hydroxylation is 1. The number of aromatic nitrogens is 2. The molecule has 106 valence electrons. The van der Waals surface area contributed by atoms with Gasteiger partial charge in [0.05, 0.1) is 11.7 Å². The molecule has 0 aliphatic rings. The Bertz CT molecular complexity index is 750. The van der Waals surface area contributed by atoms with Gasteiger partial charge in [0.2, 0.25) is 0 Å². The van der Waals surface area contributed by atoms with Crippen molar-refractivity contribution in [2.45, 2.75) is 13.0 Å². The lowest BCUT2D eigenvalue weighted by atomic mass is 9.98. The first-order valence-corrected chi connectivity index (χ1v) is 7.15. The van der Waals surface area contributed by atoms with Crippen molar-refractivity contribution in [1.29, 1.82) is 0 Å². The van der Waals surface area contributed by atoms with Crippen molar-refractivity contribution in [2.24, 2.45) is 5.73 Å². The molecule has 0 radical (unpaired) electrons. The third-order valence-electron chi connectivity index (χ3n) is 3.57. The third kappa shape index (κ3) is 2.71. The molecular weight excluding hydrogens is 282 g/mol. The standard InChI is InChI=1S/C17H16ClN3/c1-12-20-9-10-21(12)16-11-14(18)7-8-15(16)17(19)13-5-3-2-4-6-13/h2-11,17H,19H2,1H3. The second kappa shape index (κ2) is 5.72. The highest BCUT2D eigenvalue weighted by Crippen LogP contribution is 2.28. The normalized spacial score (nSPS) is 12.3. The smallest absolute Gasteiger partial charge is 0.110 e. The summed E-state index contributed by atoms with van der Waals surface area (Å²) in [5.41, 5.74) is 9.50. The molecule has 0 amide bonds. The predicted molar refractivity (Wildman–Crippen MR) is 85.8 cm³/mol. The van der Waals surface area contributed by atoms with Crippen LogP contribution in [-0.2, 0) is 0 Å². The number of hydrogen-bond donors (Lipinski definition) is 1. The Kier molecular flexibility index (Phi) is 3.78. The van der Waals surface area contributed by atoms with Crippen LogP contribution in [0.4, 0.5) is 0 Å². The summed E-state index contributed by atoms with van der Waals surface area (Å²) in [4.78, 5) is 4.27. The molecule has 21 heavy (non-hydrogen) atoms. The molecule has 0 aliphatic heterocycles. The van der Waals surface area contributed by atoms with Gasteiger partial charge in [-0.15, -0.1) is 0 Å². The van der Waals surface area contributed by atoms with Gasteiger partial charge in [-0.2, -0.15) is 0 Å². The van der Waals surface area contributed by atoms with Crippen molar-refractivity contribution in [3.63, 3.8) is 0 Å². The van der Waals surface area contributed by atoms with Crippen LogP contribution >= 0.6 is 11.6 Å². The number of rotatable bonds is 3. The fourth-order valence-corrected chi connectivity index (χ4v) is 2.63. The van der Waals surface area contributed by atoms with Gasteiger partial charge >= 0.3 is 0 Å². The maximum Gasteiger partial charge on any atom is 0.110 e. The summed E-state index contributed by atoms with van der Waals surface area (Å²) < 4.78 is 2.00. The molecular formula is C17H16ClN3. The number of hydrogen-bond acceptors (Lipinski definition) is 2. The summed E-state index contributed by atoms with van der Waals surface area (Å²) in [6, 6.07) is 15.6. The molecule has 0 aliphatic carbocycles. The second-order valence-electron chi connectivity index (χ2n) is 4.94. The summed E-state index contributed by atoms with van der Waals surface area (Å²) in [6.07, 6.45) is 3.69. The van der Waals surface area contributed by atoms with Crippen LogP contribution in [0.25, 0.3) is 5.69 Å². The maximum atomic E-state index is 6.45. The Morgan fingerprint density at radius 1 is 1.14 bits per heavy atom. The summed E-state index contributed by atoms with van der Waals surface area (Å²) in [5.74, 6) is 0.902. The molecule has 2 aromatic carbocycles. The van der Waals surface area contributed by atoms with Crippen LogP contribution < -0.4 is 5.73 Å². The van der Waals surface area contributed by atoms with Gasteiger partial charge in [-0.1, -0.05) is 48.0 Å². The van der Waals surface area contributed by atoms with Crippen LogP contribution in [0.5, 0.6) is 0 Å². The molecule has 0 bridgehead atoms. The Morgan fingerprint density at radius 2 is 1.90 bits per heavy atom. The molecule has 2 N–H and O–H groups in total. The molecule has 1 atom stereocenters. The molecule has 1 aromatic heterocycles. The monoisotopic (exact) mass is 297 g/mol. The lowest BCUT2D eigenvalue weighted by Crippen LogP contribution is -2.15. The van der Waals surface area contributed by atoms with Crippen LogP contribution in [0.1, 0.15) is 23.0 Å². The van der Waals surface area contributed by atoms with Crippen LogP contribution in [0, 0.1) is 6.92 Å². The van der Waals surface area contributed by atoms with Gasteiger partial charge in [0.15, 0.2) is 0 Å². The zero-order valence-electron chi connectivity index (χ0n) is 11.7. The summed E-state index contributed by atoms with van der Waals surface area (Å²) >= 11 is 6.16. The first kappa shape index (κ1) is 13.9. The third-order valence-corrected chi connectivity index (χ3v) is 3.81. The lowest BCUT2D eigenvalue weighted by Gasteiger charge is -2.18. The van der Waals surface area contributed by atoms with Gasteiger partial charge in [-0.3, -0.25) is 0 Å². The van der Waals surface area contributed by atoms with Crippen molar-refractivity contribution in [3.8, 4) is 5.69 Å². The quantitative estimate of drug-likeness (QED) is 0.797. The zero-order valence-corrected chi connectivity index (χ0v) is 12.5. The van der Waals surface area contributed by atoms with Crippen molar-refractivity contribution in [2.75, 3.05) is 0 Å². The van der Waals surface area contributed by atoms with Crippen molar-refractivity contribution < 1.29 is 0 Å². The van der Waals surface area contributed by atoms with Crippen molar-refractivity contribution in [1.82, 2.24) is 9.55 Å². The van der Waals surface area contributed by atoms with Crippen LogP contribution in [0.15, 0.2) is 60.9 Å². The van der Waals surface area contributed by atoms with E-state index in [1.807, 2.05) is 66.2 Å². The van der Waals surface area contributed by atoms with E-state index < -0.39 is 0 Å². The van der Waals surface area contributed by atoms with Gasteiger partial charge in [-0.25, -0.2) is 4.98 Å². The highest BCUT2D eigenvalue weighted by Gasteiger charge is 2.15. The van der Waals surface area contributed by atoms with Crippen molar-refractivity contribution in [3.05, 3.63) is 82.9 Å². The molecule has 3 rings (SSSR count). The number of halogens is 1. The molecule has 0 saturated heterocycles. The Balaban J connectivity index is 2.13. The van der Waals surface area contributed by atoms with Gasteiger partial charge in [-0.05, 0) is 30.2 Å². The minimum absolute atomic E-state index is 0.208. The second-order valence-corrected chi connectivity index (χ2v) is 5.37. The van der Waals surface area contributed by atoms with E-state index >= 15 is 0 Å². The molecule has 0 spiro atoms. The first-order valence-electron chi connectivity index (χ1n) is 6.77. The average Bonchev–Trinajstić information content (AvgIpc) is 2.93. The summed E-state index contributed by atoms with van der Waals surface area (Å²) in [5, 5.41) is 0.683. The minimum Gasteiger partial charge on any atom is -0.320 e. The first-order chi connectivity index (χ1) is 10.2. The largest absolute Gasteiger partial charge is 0.320 e. The number of nitrogens with zero attached hydrogens (tertiary/aromatic N) is 2. The van der Waals surface area contributed by atoms with E-state index in [0.717, 1.165) is 22.6 Å². The van der Waals surface area contributed by atoms with Crippen LogP contribution in [-0.4, -0.2) is 9.55 Å². The SMILES string of the molecule is Cc1nccn1-c1cc(Cl)ccc1C(N)c1ccccc1. The predicted octanol–water partition coefficient (Wildman–Crippen LogP) is 3.88. The molecule has 0 fully saturated rings. The Hall–Kier alpha value is -2.10. The van der Waals surface area contributed by atoms with Gasteiger partial charge in [0, 0.05) is 17.4 Å². The summed E-state index contributed by atoms with van der Waals surface area (Å²) in [7, 11) is 0. The highest BCUT2D eigenvalue weighted by molar-refractivity contribution is 6.30. The molecule has 1 heterocycles. The van der Waals surface area contributed by atoms with E-state index in [2.05, 4.69) is 4.98 Å². The van der Waals surface area contributed by atoms with E-state index in [4.69, 9.17) is 17.3 Å². The van der Waals surface area contributed by atoms with Gasteiger partial charge < -0.3 is 10.3 Å². The zero-order chi connectivity index (χ0) is 14.8. The van der Waals surface area contributed by atoms with E-state index in [0.29, 0.717) is 5.02 Å². The Morgan fingerprint density at radius 3 is 2.57 bits per heavy atom. The number of benzene rings is 2. The Labute approximate surface area is 129 Å². The van der Waals surface area contributed by atoms with Crippen LogP contribution in [0.2, 0.25) is 5.02 Å². The summed E-state index contributed by atoms with van der Waals surface area (Å²) in [6.45, 7) is 1.96. The lowest BCUT2D eigenvalue weighted by molar-refractivity contribution is 0.843. The number of nitrogens with two attached hydrogens (primary N) is 1. The minimum atomic E-state index is -0.208. The fraction of sp³-hybridized carbons (Fsp3) is 0.118. The molecule has 3 aromatic rings. The maximum absolute atomic E-state index is 6.45. The number of imidazole rings is 1. The van der Waals surface area contributed by atoms with Crippen molar-refractivity contribution >= 4 is 11.6 Å². The highest BCUT2D eigenvalue weighted by atomic mass is 35.5. The van der Waals surface area contributed by atoms with Crippen LogP contribution in [0.3, 0.4) is 0 Å². The fourth-order valence-electron chi connectivity index (χ4n) is 2.46. The van der Waals surface area contributed by atoms with Gasteiger partial charge in [0.25, 0.3) is 0 Å². The molecule has 3 nitrogen and oxygen atoms in total. The van der Waals surface area contributed by atoms with E-state index in [1.54, 1.807) is 6.20 Å². The van der Waals surface area contributed by atoms with Gasteiger partial charge in [0.1, 0.15) is 5.82 Å². The average molecular weight is 298 g/mol. The van der Waals surface area contributed by atoms with E-state index in [9.17, 15) is 0 Å². The molecule has 1 unspecified atom stereocenters. The topological polar surface area (TPSA) is 43.8 Å². The van der Waals surface area contributed by atoms with E-state index in [1.165, 1.54) is 0 Å². The molecule has 0 saturated carbocycles. The molecule has 4 heteroatoms.